The van der Waals surface area contributed by atoms with Crippen molar-refractivity contribution in [2.24, 2.45) is 5.41 Å². The summed E-state index contributed by atoms with van der Waals surface area (Å²) >= 11 is 3.35. The summed E-state index contributed by atoms with van der Waals surface area (Å²) in [5, 5.41) is 17.9. The highest BCUT2D eigenvalue weighted by Gasteiger charge is 2.64. The van der Waals surface area contributed by atoms with Crippen LogP contribution in [0.5, 0.6) is 0 Å². The molecule has 1 aliphatic carbocycles. The number of carbonyl (C=O) groups is 3. The smallest absolute Gasteiger partial charge is 0.248 e. The molecule has 0 unspecified atom stereocenters. The highest BCUT2D eigenvalue weighted by Crippen LogP contribution is 2.59. The van der Waals surface area contributed by atoms with E-state index in [-0.39, 0.29) is 41.3 Å². The number of carbonyl (C=O) groups excluding carboxylic acids is 3. The lowest BCUT2D eigenvalue weighted by Crippen LogP contribution is -2.47. The highest BCUT2D eigenvalue weighted by atomic mass is 79.9. The molecule has 0 spiro atoms. The minimum absolute atomic E-state index is 0.0290. The van der Waals surface area contributed by atoms with Crippen molar-refractivity contribution >= 4 is 50.2 Å². The second-order valence-electron chi connectivity index (χ2n) is 11.9. The van der Waals surface area contributed by atoms with Crippen LogP contribution in [0.3, 0.4) is 0 Å². The number of aromatic nitrogens is 5. The molecular weight excluding hydrogens is 614 g/mol. The lowest BCUT2D eigenvalue weighted by atomic mass is 10.0. The summed E-state index contributed by atoms with van der Waals surface area (Å²) in [6.07, 6.45) is 3.89. The Labute approximate surface area is 256 Å². The van der Waals surface area contributed by atoms with Crippen LogP contribution in [0.4, 0.5) is 5.82 Å². The van der Waals surface area contributed by atoms with Gasteiger partial charge < -0.3 is 15.3 Å². The monoisotopic (exact) mass is 645 g/mol. The number of rotatable bonds is 7. The van der Waals surface area contributed by atoms with Gasteiger partial charge in [0.1, 0.15) is 34.8 Å². The minimum atomic E-state index is -0.783. The second-order valence-corrected chi connectivity index (χ2v) is 12.8. The molecule has 222 valence electrons. The lowest BCUT2D eigenvalue weighted by Gasteiger charge is -2.27. The molecule has 12 heteroatoms. The number of hydrogen-bond donors (Lipinski definition) is 2. The fourth-order valence-corrected chi connectivity index (χ4v) is 6.48. The summed E-state index contributed by atoms with van der Waals surface area (Å²) in [7, 11) is 0. The zero-order chi connectivity index (χ0) is 30.8. The van der Waals surface area contributed by atoms with Gasteiger partial charge in [0.05, 0.1) is 5.52 Å². The molecular formula is C31H32BrN7O4. The van der Waals surface area contributed by atoms with E-state index in [1.165, 1.54) is 6.92 Å². The molecule has 3 aromatic heterocycles. The zero-order valence-electron chi connectivity index (χ0n) is 24.6. The molecule has 4 heterocycles. The third-order valence-corrected chi connectivity index (χ3v) is 9.00. The largest absolute Gasteiger partial charge is 0.385 e. The normalized spacial score (nSPS) is 21.5. The molecule has 2 amide bonds. The van der Waals surface area contributed by atoms with Crippen molar-refractivity contribution in [3.05, 3.63) is 63.9 Å². The molecule has 2 N–H and O–H groups in total. The fraction of sp³-hybridized carbons (Fsp3) is 0.387. The van der Waals surface area contributed by atoms with E-state index in [9.17, 15) is 19.5 Å². The number of aliphatic hydroxyl groups is 1. The Bertz CT molecular complexity index is 1800. The highest BCUT2D eigenvalue weighted by molar-refractivity contribution is 9.10. The maximum absolute atomic E-state index is 13.9. The number of nitrogens with zero attached hydrogens (tertiary/aromatic N) is 6. The summed E-state index contributed by atoms with van der Waals surface area (Å²) in [6, 6.07) is 6.80. The Morgan fingerprint density at radius 2 is 1.84 bits per heavy atom. The molecule has 1 aromatic carbocycles. The number of fused-ring (bicyclic) bond motifs is 2. The molecule has 1 saturated heterocycles. The van der Waals surface area contributed by atoms with E-state index in [0.717, 1.165) is 28.7 Å². The first-order chi connectivity index (χ1) is 20.4. The Morgan fingerprint density at radius 1 is 1.12 bits per heavy atom. The number of nitrogens with one attached hydrogen (secondary N) is 1. The number of likely N-dealkylation sites (tertiary alicyclic amines) is 1. The fourth-order valence-electron chi connectivity index (χ4n) is 6.17. The molecule has 2 fully saturated rings. The van der Waals surface area contributed by atoms with Crippen molar-refractivity contribution in [3.63, 3.8) is 0 Å². The lowest BCUT2D eigenvalue weighted by molar-refractivity contribution is -0.138. The van der Waals surface area contributed by atoms with Crippen molar-refractivity contribution in [1.82, 2.24) is 29.6 Å². The summed E-state index contributed by atoms with van der Waals surface area (Å²) < 4.78 is 2.19. The van der Waals surface area contributed by atoms with E-state index in [1.807, 2.05) is 38.1 Å². The molecule has 43 heavy (non-hydrogen) atoms. The van der Waals surface area contributed by atoms with Crippen molar-refractivity contribution < 1.29 is 19.5 Å². The van der Waals surface area contributed by atoms with Crippen LogP contribution in [-0.4, -0.2) is 64.4 Å². The molecule has 4 aromatic rings. The van der Waals surface area contributed by atoms with Crippen LogP contribution >= 0.6 is 15.9 Å². The van der Waals surface area contributed by atoms with Gasteiger partial charge in [-0.3, -0.25) is 19.1 Å². The van der Waals surface area contributed by atoms with Gasteiger partial charge in [-0.1, -0.05) is 13.0 Å². The van der Waals surface area contributed by atoms with Gasteiger partial charge in [0.2, 0.25) is 11.8 Å². The topological polar surface area (TPSA) is 143 Å². The quantitative estimate of drug-likeness (QED) is 0.220. The van der Waals surface area contributed by atoms with Crippen LogP contribution in [0.1, 0.15) is 67.2 Å². The average molecular weight is 647 g/mol. The van der Waals surface area contributed by atoms with Gasteiger partial charge in [-0.05, 0) is 89.8 Å². The van der Waals surface area contributed by atoms with Crippen LogP contribution in [0.15, 0.2) is 41.3 Å². The standard InChI is InChI=1S/C31H32BrN7O4/c1-15-6-7-24(32)35-28(15)36-30(43)22-10-31(5)11-23(31)39(22)25(42)14-38-27-16(2)8-19(9-21(27)26(37-38)17(3)40)20-12-33-29(18(4)41)34-13-20/h6-9,12-13,18,22-23,41H,10-11,14H2,1-5H3,(H,35,36,43)/t18-,22+,23-,31+/m1/s1. The number of aryl methyl sites for hydroxylation is 2. The van der Waals surface area contributed by atoms with Gasteiger partial charge >= 0.3 is 0 Å². The van der Waals surface area contributed by atoms with Crippen LogP contribution in [0.25, 0.3) is 22.0 Å². The Hall–Kier alpha value is -4.03. The Kier molecular flexibility index (Phi) is 7.16. The maximum atomic E-state index is 13.9. The number of Topliss-reactive ketones (excluding diaryl/α,β-unsaturated/α-hetero) is 1. The zero-order valence-corrected chi connectivity index (χ0v) is 26.1. The number of amides is 2. The van der Waals surface area contributed by atoms with E-state index in [0.29, 0.717) is 33.6 Å². The van der Waals surface area contributed by atoms with Gasteiger partial charge in [-0.15, -0.1) is 0 Å². The van der Waals surface area contributed by atoms with Crippen LogP contribution < -0.4 is 5.32 Å². The predicted octanol–water partition coefficient (Wildman–Crippen LogP) is 4.54. The molecule has 11 nitrogen and oxygen atoms in total. The number of aliphatic hydroxyl groups excluding tert-OH is 1. The number of hydrogen-bond acceptors (Lipinski definition) is 8. The third-order valence-electron chi connectivity index (χ3n) is 8.56. The van der Waals surface area contributed by atoms with E-state index < -0.39 is 12.1 Å². The average Bonchev–Trinajstić information content (AvgIpc) is 3.31. The van der Waals surface area contributed by atoms with E-state index in [4.69, 9.17) is 0 Å². The number of benzene rings is 1. The van der Waals surface area contributed by atoms with Gasteiger partial charge in [0.25, 0.3) is 0 Å². The maximum Gasteiger partial charge on any atom is 0.248 e. The van der Waals surface area contributed by atoms with Crippen LogP contribution in [0.2, 0.25) is 0 Å². The molecule has 4 atom stereocenters. The number of halogens is 1. The first-order valence-electron chi connectivity index (χ1n) is 14.1. The van der Waals surface area contributed by atoms with Gasteiger partial charge in [0, 0.05) is 36.3 Å². The molecule has 1 aliphatic heterocycles. The first kappa shape index (κ1) is 29.1. The summed E-state index contributed by atoms with van der Waals surface area (Å²) in [5.41, 5.74) is 3.99. The van der Waals surface area contributed by atoms with Crippen molar-refractivity contribution in [3.8, 4) is 11.1 Å². The van der Waals surface area contributed by atoms with Crippen molar-refractivity contribution in [2.45, 2.75) is 72.2 Å². The Morgan fingerprint density at radius 3 is 2.51 bits per heavy atom. The van der Waals surface area contributed by atoms with Crippen LogP contribution in [-0.2, 0) is 16.1 Å². The number of pyridine rings is 1. The summed E-state index contributed by atoms with van der Waals surface area (Å²) in [6.45, 7) is 8.81. The van der Waals surface area contributed by atoms with Crippen molar-refractivity contribution in [1.29, 1.82) is 0 Å². The van der Waals surface area contributed by atoms with Crippen molar-refractivity contribution in [2.75, 3.05) is 5.32 Å². The van der Waals surface area contributed by atoms with Gasteiger partial charge in [0.15, 0.2) is 11.6 Å². The van der Waals surface area contributed by atoms with E-state index in [2.05, 4.69) is 48.2 Å². The summed E-state index contributed by atoms with van der Waals surface area (Å²) in [5.74, 6) is 0.0591. The number of ketones is 1. The molecule has 6 rings (SSSR count). The number of anilines is 1. The molecule has 0 radical (unpaired) electrons. The van der Waals surface area contributed by atoms with E-state index in [1.54, 1.807) is 28.9 Å². The molecule has 2 aliphatic rings. The second kappa shape index (κ2) is 10.6. The molecule has 0 bridgehead atoms. The SMILES string of the molecule is CC(=O)c1nn(CC(=O)N2[C@H](C(=O)Nc3nc(Br)ccc3C)C[C@@]3(C)C[C@@H]23)c2c(C)cc(-c3cnc([C@@H](C)O)nc3)cc12. The first-order valence-corrected chi connectivity index (χ1v) is 14.9. The predicted molar refractivity (Wildman–Crippen MR) is 163 cm³/mol. The van der Waals surface area contributed by atoms with Gasteiger partial charge in [-0.25, -0.2) is 15.0 Å². The molecule has 1 saturated carbocycles. The summed E-state index contributed by atoms with van der Waals surface area (Å²) in [4.78, 5) is 54.7. The Balaban J connectivity index is 1.31. The third kappa shape index (κ3) is 5.22. The number of piperidine rings is 1. The van der Waals surface area contributed by atoms with E-state index >= 15 is 0 Å². The van der Waals surface area contributed by atoms with Gasteiger partial charge in [-0.2, -0.15) is 5.10 Å². The van der Waals surface area contributed by atoms with Crippen LogP contribution in [0, 0.1) is 19.3 Å². The minimum Gasteiger partial charge on any atom is -0.385 e.